The SMILES string of the molecule is COc1c(F)cc(Cn2cc(CNc3ncc4c(n3)N(C)[C@@H](C)C(=O)N4)cn2)cc1F. The smallest absolute Gasteiger partial charge is 0.246 e. The van der Waals surface area contributed by atoms with Gasteiger partial charge in [-0.25, -0.2) is 13.8 Å². The van der Waals surface area contributed by atoms with Gasteiger partial charge in [0.25, 0.3) is 0 Å². The zero-order chi connectivity index (χ0) is 22.1. The number of ether oxygens (including phenoxy) is 1. The summed E-state index contributed by atoms with van der Waals surface area (Å²) >= 11 is 0. The lowest BCUT2D eigenvalue weighted by molar-refractivity contribution is -0.117. The number of hydrogen-bond acceptors (Lipinski definition) is 7. The fourth-order valence-electron chi connectivity index (χ4n) is 3.26. The quantitative estimate of drug-likeness (QED) is 0.621. The number of carbonyl (C=O) groups excluding carboxylic acids is 1. The van der Waals surface area contributed by atoms with Crippen LogP contribution in [0.1, 0.15) is 18.1 Å². The first-order chi connectivity index (χ1) is 14.9. The third-order valence-corrected chi connectivity index (χ3v) is 5.07. The maximum absolute atomic E-state index is 13.9. The van der Waals surface area contributed by atoms with Crippen LogP contribution in [0.5, 0.6) is 5.75 Å². The van der Waals surface area contributed by atoms with Gasteiger partial charge in [0.1, 0.15) is 11.7 Å². The molecule has 162 valence electrons. The highest BCUT2D eigenvalue weighted by molar-refractivity contribution is 6.02. The van der Waals surface area contributed by atoms with Crippen LogP contribution in [0, 0.1) is 11.6 Å². The number of nitrogens with one attached hydrogen (secondary N) is 2. The van der Waals surface area contributed by atoms with Crippen molar-refractivity contribution in [1.29, 1.82) is 0 Å². The van der Waals surface area contributed by atoms with Gasteiger partial charge in [-0.2, -0.15) is 10.1 Å². The molecule has 1 aliphatic heterocycles. The fourth-order valence-corrected chi connectivity index (χ4v) is 3.26. The number of fused-ring (bicyclic) bond motifs is 1. The summed E-state index contributed by atoms with van der Waals surface area (Å²) in [7, 11) is 3.02. The zero-order valence-electron chi connectivity index (χ0n) is 17.2. The van der Waals surface area contributed by atoms with Gasteiger partial charge in [0, 0.05) is 25.4 Å². The number of rotatable bonds is 6. The molecule has 1 aromatic carbocycles. The van der Waals surface area contributed by atoms with E-state index in [1.54, 1.807) is 42.1 Å². The van der Waals surface area contributed by atoms with Crippen molar-refractivity contribution in [3.8, 4) is 5.75 Å². The van der Waals surface area contributed by atoms with Crippen LogP contribution in [0.15, 0.2) is 30.7 Å². The van der Waals surface area contributed by atoms with E-state index in [1.165, 1.54) is 19.2 Å². The second kappa shape index (κ2) is 8.17. The molecule has 0 radical (unpaired) electrons. The first-order valence-corrected chi connectivity index (χ1v) is 9.53. The molecule has 0 saturated heterocycles. The van der Waals surface area contributed by atoms with E-state index in [-0.39, 0.29) is 18.5 Å². The Hall–Kier alpha value is -3.76. The van der Waals surface area contributed by atoms with Crippen molar-refractivity contribution < 1.29 is 18.3 Å². The van der Waals surface area contributed by atoms with Gasteiger partial charge in [-0.05, 0) is 24.6 Å². The van der Waals surface area contributed by atoms with Gasteiger partial charge >= 0.3 is 0 Å². The predicted octanol–water partition coefficient (Wildman–Crippen LogP) is 2.40. The average molecular weight is 429 g/mol. The van der Waals surface area contributed by atoms with Crippen LogP contribution < -0.4 is 20.3 Å². The highest BCUT2D eigenvalue weighted by Gasteiger charge is 2.28. The van der Waals surface area contributed by atoms with E-state index in [1.807, 2.05) is 0 Å². The Morgan fingerprint density at radius 1 is 1.23 bits per heavy atom. The minimum absolute atomic E-state index is 0.108. The molecule has 3 heterocycles. The molecule has 0 aliphatic carbocycles. The van der Waals surface area contributed by atoms with E-state index < -0.39 is 17.4 Å². The number of methoxy groups -OCH3 is 1. The van der Waals surface area contributed by atoms with Crippen molar-refractivity contribution in [2.24, 2.45) is 0 Å². The normalized spacial score (nSPS) is 15.5. The topological polar surface area (TPSA) is 97.2 Å². The van der Waals surface area contributed by atoms with Gasteiger partial charge < -0.3 is 20.3 Å². The van der Waals surface area contributed by atoms with E-state index in [0.717, 1.165) is 5.56 Å². The molecule has 0 fully saturated rings. The largest absolute Gasteiger partial charge is 0.491 e. The molecule has 4 rings (SSSR count). The lowest BCUT2D eigenvalue weighted by Gasteiger charge is -2.31. The molecule has 1 amide bonds. The lowest BCUT2D eigenvalue weighted by Crippen LogP contribution is -2.44. The highest BCUT2D eigenvalue weighted by atomic mass is 19.1. The molecule has 2 N–H and O–H groups in total. The minimum atomic E-state index is -0.758. The second-order valence-corrected chi connectivity index (χ2v) is 7.20. The van der Waals surface area contributed by atoms with Gasteiger partial charge in [-0.15, -0.1) is 0 Å². The number of amides is 1. The molecule has 11 heteroatoms. The van der Waals surface area contributed by atoms with E-state index in [2.05, 4.69) is 25.7 Å². The molecule has 0 bridgehead atoms. The Morgan fingerprint density at radius 2 is 1.97 bits per heavy atom. The van der Waals surface area contributed by atoms with Crippen molar-refractivity contribution in [1.82, 2.24) is 19.7 Å². The van der Waals surface area contributed by atoms with E-state index in [0.29, 0.717) is 29.6 Å². The lowest BCUT2D eigenvalue weighted by atomic mass is 10.2. The van der Waals surface area contributed by atoms with Crippen LogP contribution in [0.25, 0.3) is 0 Å². The number of nitrogens with zero attached hydrogens (tertiary/aromatic N) is 5. The summed E-state index contributed by atoms with van der Waals surface area (Å²) in [4.78, 5) is 22.4. The molecule has 31 heavy (non-hydrogen) atoms. The van der Waals surface area contributed by atoms with Crippen LogP contribution in [0.3, 0.4) is 0 Å². The molecule has 2 aromatic heterocycles. The van der Waals surface area contributed by atoms with Crippen LogP contribution >= 0.6 is 0 Å². The summed E-state index contributed by atoms with van der Waals surface area (Å²) < 4.78 is 34.0. The Labute approximate surface area is 177 Å². The summed E-state index contributed by atoms with van der Waals surface area (Å²) in [5.41, 5.74) is 1.82. The standard InChI is InChI=1S/C20H21F2N7O2/c1-11-19(30)26-16-8-24-20(27-18(16)28(11)2)23-6-13-7-25-29(10-13)9-12-4-14(21)17(31-3)15(22)5-12/h4-5,7-8,10-11H,6,9H2,1-3H3,(H,26,30)(H,23,24,27)/t11-/m0/s1. The van der Waals surface area contributed by atoms with E-state index >= 15 is 0 Å². The minimum Gasteiger partial charge on any atom is -0.491 e. The van der Waals surface area contributed by atoms with Gasteiger partial charge in [-0.3, -0.25) is 9.48 Å². The molecule has 3 aromatic rings. The molecular formula is C20H21F2N7O2. The maximum Gasteiger partial charge on any atom is 0.246 e. The van der Waals surface area contributed by atoms with Crippen molar-refractivity contribution in [2.45, 2.75) is 26.1 Å². The van der Waals surface area contributed by atoms with Crippen molar-refractivity contribution in [3.05, 3.63) is 53.5 Å². The summed E-state index contributed by atoms with van der Waals surface area (Å²) in [6, 6.07) is 2.11. The molecule has 0 unspecified atom stereocenters. The number of aromatic nitrogens is 4. The van der Waals surface area contributed by atoms with Gasteiger partial charge in [0.05, 0.1) is 26.0 Å². The Bertz CT molecular complexity index is 1110. The first-order valence-electron chi connectivity index (χ1n) is 9.53. The zero-order valence-corrected chi connectivity index (χ0v) is 17.2. The summed E-state index contributed by atoms with van der Waals surface area (Å²) in [5, 5.41) is 10.1. The number of hydrogen-bond donors (Lipinski definition) is 2. The fraction of sp³-hybridized carbons (Fsp3) is 0.300. The first kappa shape index (κ1) is 20.5. The third-order valence-electron chi connectivity index (χ3n) is 5.07. The van der Waals surface area contributed by atoms with Gasteiger partial charge in [-0.1, -0.05) is 0 Å². The molecular weight excluding hydrogens is 408 g/mol. The molecule has 1 atom stereocenters. The summed E-state index contributed by atoms with van der Waals surface area (Å²) in [6.45, 7) is 2.40. The number of anilines is 3. The van der Waals surface area contributed by atoms with E-state index in [4.69, 9.17) is 4.74 Å². The Morgan fingerprint density at radius 3 is 2.68 bits per heavy atom. The monoisotopic (exact) mass is 429 g/mol. The van der Waals surface area contributed by atoms with Gasteiger partial charge in [0.2, 0.25) is 11.9 Å². The van der Waals surface area contributed by atoms with Crippen LogP contribution in [-0.4, -0.2) is 45.9 Å². The maximum atomic E-state index is 13.9. The number of halogens is 2. The number of likely N-dealkylation sites (N-methyl/N-ethyl adjacent to an activating group) is 1. The van der Waals surface area contributed by atoms with E-state index in [9.17, 15) is 13.6 Å². The number of carbonyl (C=O) groups is 1. The van der Waals surface area contributed by atoms with Crippen LogP contribution in [0.2, 0.25) is 0 Å². The molecule has 9 nitrogen and oxygen atoms in total. The highest BCUT2D eigenvalue weighted by Crippen LogP contribution is 2.29. The Kier molecular flexibility index (Phi) is 5.40. The Balaban J connectivity index is 1.42. The summed E-state index contributed by atoms with van der Waals surface area (Å²) in [5.74, 6) is -0.995. The van der Waals surface area contributed by atoms with Crippen LogP contribution in [-0.2, 0) is 17.9 Å². The van der Waals surface area contributed by atoms with Gasteiger partial charge in [0.15, 0.2) is 23.2 Å². The van der Waals surface area contributed by atoms with Crippen molar-refractivity contribution in [2.75, 3.05) is 29.7 Å². The van der Waals surface area contributed by atoms with Crippen molar-refractivity contribution in [3.63, 3.8) is 0 Å². The second-order valence-electron chi connectivity index (χ2n) is 7.20. The third kappa shape index (κ3) is 4.11. The molecule has 0 spiro atoms. The van der Waals surface area contributed by atoms with Crippen molar-refractivity contribution >= 4 is 23.4 Å². The average Bonchev–Trinajstić information content (AvgIpc) is 3.18. The predicted molar refractivity (Wildman–Crippen MR) is 110 cm³/mol. The molecule has 1 aliphatic rings. The summed E-state index contributed by atoms with van der Waals surface area (Å²) in [6.07, 6.45) is 4.97. The molecule has 0 saturated carbocycles. The van der Waals surface area contributed by atoms with Crippen LogP contribution in [0.4, 0.5) is 26.2 Å². The number of benzene rings is 1.